The Labute approximate surface area is 165 Å². The minimum absolute atomic E-state index is 0.145. The predicted octanol–water partition coefficient (Wildman–Crippen LogP) is 4.10. The van der Waals surface area contributed by atoms with Crippen LogP contribution >= 0.6 is 11.8 Å². The van der Waals surface area contributed by atoms with Gasteiger partial charge in [0.05, 0.1) is 5.25 Å². The summed E-state index contributed by atoms with van der Waals surface area (Å²) in [5, 5.41) is 11.6. The zero-order valence-electron chi connectivity index (χ0n) is 15.0. The monoisotopic (exact) mass is 391 g/mol. The van der Waals surface area contributed by atoms with Gasteiger partial charge in [0.15, 0.2) is 0 Å². The van der Waals surface area contributed by atoms with Crippen molar-refractivity contribution in [3.05, 3.63) is 66.5 Å². The third-order valence-corrected chi connectivity index (χ3v) is 4.70. The van der Waals surface area contributed by atoms with Gasteiger partial charge in [-0.1, -0.05) is 48.2 Å². The number of thioether (sulfide) groups is 1. The van der Waals surface area contributed by atoms with Gasteiger partial charge in [-0.15, -0.1) is 10.2 Å². The van der Waals surface area contributed by atoms with Gasteiger partial charge in [0.1, 0.15) is 5.82 Å². The summed E-state index contributed by atoms with van der Waals surface area (Å²) in [5.74, 6) is 1.52. The van der Waals surface area contributed by atoms with Crippen LogP contribution in [0.3, 0.4) is 0 Å². The van der Waals surface area contributed by atoms with E-state index >= 15 is 0 Å². The molecule has 0 aliphatic carbocycles. The molecule has 0 aliphatic rings. The number of aromatic nitrogens is 5. The summed E-state index contributed by atoms with van der Waals surface area (Å²) in [6.45, 7) is 1.94. The second-order valence-corrected chi connectivity index (χ2v) is 7.16. The van der Waals surface area contributed by atoms with E-state index in [1.54, 1.807) is 0 Å². The highest BCUT2D eigenvalue weighted by Crippen LogP contribution is 2.34. The largest absolute Gasteiger partial charge is 0.411 e. The van der Waals surface area contributed by atoms with Crippen molar-refractivity contribution in [2.24, 2.45) is 0 Å². The molecule has 0 saturated heterocycles. The topological polar surface area (TPSA) is 116 Å². The van der Waals surface area contributed by atoms with Crippen LogP contribution in [-0.4, -0.2) is 25.1 Å². The maximum absolute atomic E-state index is 5.86. The van der Waals surface area contributed by atoms with E-state index in [4.69, 9.17) is 10.2 Å². The first-order valence-electron chi connectivity index (χ1n) is 8.56. The summed E-state index contributed by atoms with van der Waals surface area (Å²) in [4.78, 5) is 12.9. The fraction of sp³-hybridized carbons (Fsp3) is 0.105. The lowest BCUT2D eigenvalue weighted by Crippen LogP contribution is -2.08. The number of rotatable bonds is 6. The molecule has 4 rings (SSSR count). The van der Waals surface area contributed by atoms with Crippen LogP contribution in [-0.2, 0) is 0 Å². The molecule has 0 bridgehead atoms. The van der Waals surface area contributed by atoms with Gasteiger partial charge in [-0.25, -0.2) is 0 Å². The average Bonchev–Trinajstić information content (AvgIpc) is 3.17. The van der Waals surface area contributed by atoms with Crippen LogP contribution in [0.4, 0.5) is 17.6 Å². The zero-order chi connectivity index (χ0) is 19.3. The van der Waals surface area contributed by atoms with Crippen LogP contribution in [0.2, 0.25) is 0 Å². The fourth-order valence-corrected chi connectivity index (χ4v) is 3.18. The minimum Gasteiger partial charge on any atom is -0.411 e. The highest BCUT2D eigenvalue weighted by atomic mass is 32.2. The second kappa shape index (κ2) is 8.05. The molecule has 8 nitrogen and oxygen atoms in total. The first-order valence-corrected chi connectivity index (χ1v) is 9.44. The number of nitrogens with one attached hydrogen (secondary N) is 1. The maximum Gasteiger partial charge on any atom is 0.277 e. The van der Waals surface area contributed by atoms with Gasteiger partial charge in [-0.05, 0) is 31.2 Å². The molecule has 0 fully saturated rings. The molecule has 0 radical (unpaired) electrons. The van der Waals surface area contributed by atoms with Crippen molar-refractivity contribution in [2.75, 3.05) is 11.1 Å². The van der Waals surface area contributed by atoms with E-state index < -0.39 is 0 Å². The lowest BCUT2D eigenvalue weighted by Gasteiger charge is -2.10. The van der Waals surface area contributed by atoms with Crippen molar-refractivity contribution in [1.82, 2.24) is 25.1 Å². The van der Waals surface area contributed by atoms with Gasteiger partial charge in [0.2, 0.25) is 17.8 Å². The van der Waals surface area contributed by atoms with Crippen LogP contribution in [0.15, 0.2) is 70.3 Å². The van der Waals surface area contributed by atoms with E-state index in [0.717, 1.165) is 11.3 Å². The van der Waals surface area contributed by atoms with E-state index in [9.17, 15) is 0 Å². The van der Waals surface area contributed by atoms with Crippen LogP contribution in [0, 0.1) is 0 Å². The zero-order valence-corrected chi connectivity index (χ0v) is 15.8. The summed E-state index contributed by atoms with van der Waals surface area (Å²) in [6, 6.07) is 19.2. The molecule has 2 heterocycles. The number of hydrogen-bond acceptors (Lipinski definition) is 9. The second-order valence-electron chi connectivity index (χ2n) is 5.87. The summed E-state index contributed by atoms with van der Waals surface area (Å²) >= 11 is 1.36. The Morgan fingerprint density at radius 2 is 1.64 bits per heavy atom. The lowest BCUT2D eigenvalue weighted by molar-refractivity contribution is 0.465. The van der Waals surface area contributed by atoms with Crippen molar-refractivity contribution < 1.29 is 4.42 Å². The minimum atomic E-state index is -0.161. The Kier molecular flexibility index (Phi) is 5.16. The molecule has 9 heteroatoms. The Balaban J connectivity index is 1.50. The van der Waals surface area contributed by atoms with Crippen molar-refractivity contribution in [1.29, 1.82) is 0 Å². The Bertz CT molecular complexity index is 1060. The molecule has 2 aromatic carbocycles. The summed E-state index contributed by atoms with van der Waals surface area (Å²) in [7, 11) is 0. The molecule has 0 spiro atoms. The van der Waals surface area contributed by atoms with Crippen LogP contribution in [0.1, 0.15) is 18.0 Å². The van der Waals surface area contributed by atoms with Crippen LogP contribution in [0.25, 0.3) is 11.5 Å². The van der Waals surface area contributed by atoms with Crippen LogP contribution < -0.4 is 11.1 Å². The van der Waals surface area contributed by atoms with Gasteiger partial charge < -0.3 is 15.5 Å². The number of anilines is 3. The SMILES string of the molecule is CC(Sc1nnc(-c2ccccc2)o1)c1nc(N)nc(Nc2ccccc2)n1. The van der Waals surface area contributed by atoms with E-state index in [1.807, 2.05) is 67.6 Å². The molecule has 3 N–H and O–H groups in total. The van der Waals surface area contributed by atoms with Gasteiger partial charge in [-0.3, -0.25) is 0 Å². The number of para-hydroxylation sites is 1. The lowest BCUT2D eigenvalue weighted by atomic mass is 10.2. The summed E-state index contributed by atoms with van der Waals surface area (Å²) in [5.41, 5.74) is 7.59. The van der Waals surface area contributed by atoms with Gasteiger partial charge in [-0.2, -0.15) is 15.0 Å². The first-order chi connectivity index (χ1) is 13.7. The number of nitrogen functional groups attached to an aromatic ring is 1. The maximum atomic E-state index is 5.86. The van der Waals surface area contributed by atoms with Crippen molar-refractivity contribution in [3.8, 4) is 11.5 Å². The summed E-state index contributed by atoms with van der Waals surface area (Å²) in [6.07, 6.45) is 0. The van der Waals surface area contributed by atoms with E-state index in [0.29, 0.717) is 22.9 Å². The molecule has 140 valence electrons. The molecular formula is C19H17N7OS. The van der Waals surface area contributed by atoms with E-state index in [-0.39, 0.29) is 11.2 Å². The number of benzene rings is 2. The molecular weight excluding hydrogens is 374 g/mol. The molecule has 1 atom stereocenters. The Morgan fingerprint density at radius 3 is 2.39 bits per heavy atom. The Hall–Kier alpha value is -3.46. The van der Waals surface area contributed by atoms with Crippen LogP contribution in [0.5, 0.6) is 0 Å². The molecule has 1 unspecified atom stereocenters. The highest BCUT2D eigenvalue weighted by molar-refractivity contribution is 7.99. The average molecular weight is 391 g/mol. The van der Waals surface area contributed by atoms with E-state index in [2.05, 4.69) is 30.5 Å². The van der Waals surface area contributed by atoms with Crippen molar-refractivity contribution in [2.45, 2.75) is 17.4 Å². The Morgan fingerprint density at radius 1 is 0.929 bits per heavy atom. The summed E-state index contributed by atoms with van der Waals surface area (Å²) < 4.78 is 5.74. The normalized spacial score (nSPS) is 11.9. The molecule has 2 aromatic heterocycles. The highest BCUT2D eigenvalue weighted by Gasteiger charge is 2.18. The molecule has 0 saturated carbocycles. The molecule has 0 aliphatic heterocycles. The van der Waals surface area contributed by atoms with Gasteiger partial charge in [0.25, 0.3) is 5.22 Å². The quantitative estimate of drug-likeness (QED) is 0.468. The fourth-order valence-electron chi connectivity index (χ4n) is 2.46. The van der Waals surface area contributed by atoms with E-state index in [1.165, 1.54) is 11.8 Å². The smallest absolute Gasteiger partial charge is 0.277 e. The van der Waals surface area contributed by atoms with Crippen molar-refractivity contribution in [3.63, 3.8) is 0 Å². The van der Waals surface area contributed by atoms with Gasteiger partial charge in [0, 0.05) is 11.3 Å². The predicted molar refractivity (Wildman–Crippen MR) is 108 cm³/mol. The third-order valence-electron chi connectivity index (χ3n) is 3.77. The number of nitrogens with zero attached hydrogens (tertiary/aromatic N) is 5. The molecule has 0 amide bonds. The standard InChI is InChI=1S/C19H17N7OS/c1-12(28-19-26-25-16(27-19)13-8-4-2-5-9-13)15-22-17(20)24-18(23-15)21-14-10-6-3-7-11-14/h2-12H,1H3,(H3,20,21,22,23,24). The number of hydrogen-bond donors (Lipinski definition) is 2. The molecule has 4 aromatic rings. The van der Waals surface area contributed by atoms with Crippen molar-refractivity contribution >= 4 is 29.3 Å². The van der Waals surface area contributed by atoms with Gasteiger partial charge >= 0.3 is 0 Å². The third kappa shape index (κ3) is 4.26. The first kappa shape index (κ1) is 17.9. The molecule has 28 heavy (non-hydrogen) atoms. The number of nitrogens with two attached hydrogens (primary N) is 1.